The molecule has 0 unspecified atom stereocenters. The SMILES string of the molecule is c1ccc(-c2cc(-c3ccccc3)cc(-c3ccc4c5c3Oc3ccccc3B5c3ccccc3O4)c2)cc1.c1ccc(-c2cccc(-c3ccc4c5c3Oc3ccccc3B5c3ccccc3O4)c2)cc1.c1ccc(-c2ccccc2-c2ccc3c4c2Oc2ccccc2B4c2ccccc2O3)cc1.c1ccc2c(c1)Oc1ccc(-c3cccc4ccccc34)c3c1B2c1ccccc1O3. The van der Waals surface area contributed by atoms with Gasteiger partial charge >= 0.3 is 0 Å². The Morgan fingerprint density at radius 3 is 0.757 bits per heavy atom. The molecule has 8 aliphatic heterocycles. The summed E-state index contributed by atoms with van der Waals surface area (Å²) in [5, 5.41) is 2.44. The lowest BCUT2D eigenvalue weighted by Gasteiger charge is -2.34. The maximum absolute atomic E-state index is 6.74. The van der Waals surface area contributed by atoms with Crippen LogP contribution in [0.1, 0.15) is 0 Å². The van der Waals surface area contributed by atoms with E-state index >= 15 is 0 Å². The van der Waals surface area contributed by atoms with Crippen LogP contribution in [0.5, 0.6) is 92.0 Å². The summed E-state index contributed by atoms with van der Waals surface area (Å²) < 4.78 is 52.0. The van der Waals surface area contributed by atoms with Gasteiger partial charge in [-0.15, -0.1) is 0 Å². The molecule has 0 atom stereocenters. The molecule has 8 aliphatic rings. The zero-order valence-electron chi connectivity index (χ0n) is 73.6. The highest BCUT2D eigenvalue weighted by molar-refractivity contribution is 7.00. The molecule has 0 spiro atoms. The zero-order chi connectivity index (χ0) is 89.7. The van der Waals surface area contributed by atoms with Crippen LogP contribution in [-0.2, 0) is 0 Å². The van der Waals surface area contributed by atoms with Crippen LogP contribution in [0.4, 0.5) is 0 Å². The second-order valence-electron chi connectivity index (χ2n) is 35.2. The van der Waals surface area contributed by atoms with E-state index in [1.807, 2.05) is 66.7 Å². The molecule has 0 bridgehead atoms. The van der Waals surface area contributed by atoms with Gasteiger partial charge in [-0.25, -0.2) is 0 Å². The molecule has 8 nitrogen and oxygen atoms in total. The number of hydrogen-bond acceptors (Lipinski definition) is 8. The Hall–Kier alpha value is -17.5. The molecule has 634 valence electrons. The minimum atomic E-state index is 0.0516. The molecule has 0 saturated heterocycles. The van der Waals surface area contributed by atoms with Crippen LogP contribution < -0.4 is 103 Å². The molecule has 136 heavy (non-hydrogen) atoms. The van der Waals surface area contributed by atoms with Crippen LogP contribution in [0.15, 0.2) is 473 Å². The van der Waals surface area contributed by atoms with Crippen LogP contribution in [0.25, 0.3) is 99.8 Å². The average molecular weight is 1740 g/mol. The van der Waals surface area contributed by atoms with Crippen molar-refractivity contribution in [1.82, 2.24) is 0 Å². The zero-order valence-corrected chi connectivity index (χ0v) is 73.6. The van der Waals surface area contributed by atoms with E-state index in [1.165, 1.54) is 105 Å². The van der Waals surface area contributed by atoms with Crippen LogP contribution in [-0.4, -0.2) is 26.9 Å². The van der Waals surface area contributed by atoms with Crippen molar-refractivity contribution < 1.29 is 37.9 Å². The van der Waals surface area contributed by atoms with Gasteiger partial charge in [-0.3, -0.25) is 0 Å². The number of hydrogen-bond donors (Lipinski definition) is 0. The van der Waals surface area contributed by atoms with E-state index in [1.54, 1.807) is 0 Å². The number of rotatable bonds is 8. The Bertz CT molecular complexity index is 8250. The predicted molar refractivity (Wildman–Crippen MR) is 558 cm³/mol. The third kappa shape index (κ3) is 13.7. The molecule has 8 heterocycles. The van der Waals surface area contributed by atoms with Crippen molar-refractivity contribution in [1.29, 1.82) is 0 Å². The summed E-state index contributed by atoms with van der Waals surface area (Å²) in [6.07, 6.45) is 0. The van der Waals surface area contributed by atoms with Crippen molar-refractivity contribution >= 4 is 103 Å². The second-order valence-corrected chi connectivity index (χ2v) is 35.2. The third-order valence-electron chi connectivity index (χ3n) is 27.5. The van der Waals surface area contributed by atoms with Gasteiger partial charge in [0.1, 0.15) is 92.0 Å². The van der Waals surface area contributed by atoms with Gasteiger partial charge < -0.3 is 37.9 Å². The Morgan fingerprint density at radius 2 is 0.368 bits per heavy atom. The first-order chi connectivity index (χ1) is 67.5. The lowest BCUT2D eigenvalue weighted by molar-refractivity contribution is 0.465. The van der Waals surface area contributed by atoms with Crippen LogP contribution in [0, 0.1) is 0 Å². The second kappa shape index (κ2) is 33.4. The normalized spacial score (nSPS) is 12.7. The van der Waals surface area contributed by atoms with E-state index in [4.69, 9.17) is 37.9 Å². The van der Waals surface area contributed by atoms with Gasteiger partial charge in [0.25, 0.3) is 26.9 Å². The van der Waals surface area contributed by atoms with E-state index in [0.29, 0.717) is 0 Å². The first-order valence-corrected chi connectivity index (χ1v) is 46.3. The highest BCUT2D eigenvalue weighted by atomic mass is 16.5. The van der Waals surface area contributed by atoms with Crippen molar-refractivity contribution in [2.75, 3.05) is 0 Å². The number of benzene rings is 21. The molecule has 12 heteroatoms. The van der Waals surface area contributed by atoms with Crippen molar-refractivity contribution in [3.63, 3.8) is 0 Å². The molecule has 0 fully saturated rings. The maximum atomic E-state index is 6.74. The van der Waals surface area contributed by atoms with Crippen molar-refractivity contribution in [3.05, 3.63) is 473 Å². The minimum Gasteiger partial charge on any atom is -0.458 e. The van der Waals surface area contributed by atoms with E-state index < -0.39 is 0 Å². The minimum absolute atomic E-state index is 0.0516. The van der Waals surface area contributed by atoms with Crippen LogP contribution >= 0.6 is 0 Å². The highest BCUT2D eigenvalue weighted by Crippen LogP contribution is 2.49. The standard InChI is InChI=1S/C36H23BO2.2C30H19BO2.C28H17BO2/c1-3-11-24(12-4-1)26-21-27(25-13-5-2-6-14-25)23-28(22-26)29-19-20-34-35-36(29)39-33-18-10-8-16-31(33)37(35)30-15-7-9-17-32(30)38-34;1-2-9-20(10-3-1)21-11-8-12-22(19-21)23-17-18-28-29-30(23)33-27-16-7-5-14-25(27)31(29)24-13-4-6-15-26(24)32-28;1-2-10-20(11-3-1)21-12-4-5-13-22(21)23-18-19-28-29-30(23)33-27-17-9-7-15-25(27)31(29)24-14-6-8-16-26(24)32-28;1-2-10-19-18(8-1)9-7-11-20(19)21-16-17-26-27-28(21)31-25-15-6-4-13-23(25)29(27)22-12-3-5-14-24(22)30-26/h1-23H;2*1-19H;1-17H. The third-order valence-corrected chi connectivity index (χ3v) is 27.5. The molecule has 0 aromatic heterocycles. The monoisotopic (exact) mass is 1740 g/mol. The first kappa shape index (κ1) is 79.5. The Kier molecular flexibility index (Phi) is 19.5. The Balaban J connectivity index is 0.0000000944. The molecule has 0 N–H and O–H groups in total. The summed E-state index contributed by atoms with van der Waals surface area (Å²) >= 11 is 0. The van der Waals surface area contributed by atoms with Crippen LogP contribution in [0.3, 0.4) is 0 Å². The molecule has 0 amide bonds. The van der Waals surface area contributed by atoms with Crippen LogP contribution in [0.2, 0.25) is 0 Å². The number of para-hydroxylation sites is 8. The molecule has 0 radical (unpaired) electrons. The number of ether oxygens (including phenoxy) is 8. The van der Waals surface area contributed by atoms with Gasteiger partial charge in [0.15, 0.2) is 0 Å². The topological polar surface area (TPSA) is 73.8 Å². The quantitative estimate of drug-likeness (QED) is 0.139. The summed E-state index contributed by atoms with van der Waals surface area (Å²) in [5.41, 5.74) is 32.2. The largest absolute Gasteiger partial charge is 0.458 e. The van der Waals surface area contributed by atoms with Crippen molar-refractivity contribution in [3.8, 4) is 181 Å². The summed E-state index contributed by atoms with van der Waals surface area (Å²) in [6, 6.07) is 165. The van der Waals surface area contributed by atoms with Gasteiger partial charge in [0, 0.05) is 44.1 Å². The van der Waals surface area contributed by atoms with Gasteiger partial charge in [-0.05, 0) is 243 Å². The smallest absolute Gasteiger partial charge is 0.260 e. The van der Waals surface area contributed by atoms with Crippen molar-refractivity contribution in [2.45, 2.75) is 0 Å². The highest BCUT2D eigenvalue weighted by Gasteiger charge is 2.46. The van der Waals surface area contributed by atoms with Gasteiger partial charge in [0.2, 0.25) is 0 Å². The number of fused-ring (bicyclic) bond motifs is 17. The summed E-state index contributed by atoms with van der Waals surface area (Å²) in [6.45, 7) is 0.307. The summed E-state index contributed by atoms with van der Waals surface area (Å²) in [7, 11) is 0. The molecule has 29 rings (SSSR count). The summed E-state index contributed by atoms with van der Waals surface area (Å²) in [4.78, 5) is 0. The lowest BCUT2D eigenvalue weighted by atomic mass is 9.34. The van der Waals surface area contributed by atoms with Gasteiger partial charge in [-0.1, -0.05) is 352 Å². The van der Waals surface area contributed by atoms with E-state index in [2.05, 4.69) is 406 Å². The molecular weight excluding hydrogens is 1660 g/mol. The maximum Gasteiger partial charge on any atom is 0.260 e. The Morgan fingerprint density at radius 1 is 0.125 bits per heavy atom. The predicted octanol–water partition coefficient (Wildman–Crippen LogP) is 24.1. The fourth-order valence-corrected chi connectivity index (χ4v) is 21.3. The fourth-order valence-electron chi connectivity index (χ4n) is 21.3. The molecule has 0 aliphatic carbocycles. The van der Waals surface area contributed by atoms with Gasteiger partial charge in [0.05, 0.1) is 0 Å². The van der Waals surface area contributed by atoms with Crippen molar-refractivity contribution in [2.24, 2.45) is 0 Å². The van der Waals surface area contributed by atoms with E-state index in [9.17, 15) is 0 Å². The average Bonchev–Trinajstić information content (AvgIpc) is 0.731. The molecular formula is C124H78B4O8. The Labute approximate surface area is 789 Å². The van der Waals surface area contributed by atoms with Gasteiger partial charge in [-0.2, -0.15) is 0 Å². The molecule has 0 saturated carbocycles. The van der Waals surface area contributed by atoms with E-state index in [-0.39, 0.29) is 26.9 Å². The fraction of sp³-hybridized carbons (Fsp3) is 0. The molecule has 21 aromatic carbocycles. The van der Waals surface area contributed by atoms with E-state index in [0.717, 1.165) is 153 Å². The lowest BCUT2D eigenvalue weighted by Crippen LogP contribution is -2.57. The first-order valence-electron chi connectivity index (χ1n) is 46.3. The summed E-state index contributed by atoms with van der Waals surface area (Å²) in [5.74, 6) is 14.3. The molecule has 21 aromatic rings.